The maximum absolute atomic E-state index is 11.9. The molecule has 0 spiro atoms. The lowest BCUT2D eigenvalue weighted by Crippen LogP contribution is -2.41. The van der Waals surface area contributed by atoms with Crippen LogP contribution in [0.4, 0.5) is 0 Å². The van der Waals surface area contributed by atoms with E-state index in [1.807, 2.05) is 0 Å². The molecule has 0 bridgehead atoms. The van der Waals surface area contributed by atoms with Crippen LogP contribution >= 0.6 is 0 Å². The van der Waals surface area contributed by atoms with Gasteiger partial charge in [-0.1, -0.05) is 0 Å². The Labute approximate surface area is 102 Å². The molecule has 100 valence electrons. The first-order chi connectivity index (χ1) is 7.99. The minimum absolute atomic E-state index is 0.0876. The summed E-state index contributed by atoms with van der Waals surface area (Å²) in [5.74, 6) is -0.250. The molecule has 1 aliphatic heterocycles. The molecule has 17 heavy (non-hydrogen) atoms. The summed E-state index contributed by atoms with van der Waals surface area (Å²) in [6.45, 7) is 1.62. The zero-order valence-electron chi connectivity index (χ0n) is 10.1. The summed E-state index contributed by atoms with van der Waals surface area (Å²) in [6, 6.07) is 0. The summed E-state index contributed by atoms with van der Waals surface area (Å²) >= 11 is 0. The average molecular weight is 264 g/mol. The molecule has 2 N–H and O–H groups in total. The molecule has 1 aliphatic rings. The van der Waals surface area contributed by atoms with Crippen LogP contribution in [-0.4, -0.2) is 51.2 Å². The maximum Gasteiger partial charge on any atom is 0.306 e. The summed E-state index contributed by atoms with van der Waals surface area (Å²) in [5.41, 5.74) is 5.55. The van der Waals surface area contributed by atoms with Crippen molar-refractivity contribution in [1.29, 1.82) is 0 Å². The van der Waals surface area contributed by atoms with E-state index < -0.39 is 16.0 Å². The molecule has 0 aromatic rings. The van der Waals surface area contributed by atoms with E-state index in [1.165, 1.54) is 11.4 Å². The Hall–Kier alpha value is -0.660. The molecular formula is C10H20N2O4S. The third-order valence-electron chi connectivity index (χ3n) is 3.09. The number of carbonyl (C=O) groups excluding carboxylic acids is 1. The van der Waals surface area contributed by atoms with Crippen LogP contribution in [0.5, 0.6) is 0 Å². The Kier molecular flexibility index (Phi) is 5.35. The largest absolute Gasteiger partial charge is 0.469 e. The molecule has 0 aromatic carbocycles. The van der Waals surface area contributed by atoms with Crippen molar-refractivity contribution >= 4 is 16.0 Å². The fraction of sp³-hybridized carbons (Fsp3) is 0.900. The van der Waals surface area contributed by atoms with Gasteiger partial charge in [0, 0.05) is 13.1 Å². The number of ether oxygens (including phenoxy) is 1. The smallest absolute Gasteiger partial charge is 0.306 e. The predicted octanol–water partition coefficient (Wildman–Crippen LogP) is -0.450. The second-order valence-corrected chi connectivity index (χ2v) is 6.31. The highest BCUT2D eigenvalue weighted by atomic mass is 32.2. The fourth-order valence-electron chi connectivity index (χ4n) is 1.87. The van der Waals surface area contributed by atoms with Crippen molar-refractivity contribution in [2.75, 3.05) is 32.5 Å². The molecule has 1 saturated heterocycles. The zero-order valence-corrected chi connectivity index (χ0v) is 10.9. The number of piperidine rings is 1. The van der Waals surface area contributed by atoms with Crippen LogP contribution in [0.25, 0.3) is 0 Å². The first-order valence-corrected chi connectivity index (χ1v) is 7.35. The number of methoxy groups -OCH3 is 1. The first kappa shape index (κ1) is 14.4. The Balaban J connectivity index is 2.46. The van der Waals surface area contributed by atoms with Gasteiger partial charge < -0.3 is 10.5 Å². The Bertz CT molecular complexity index is 347. The quantitative estimate of drug-likeness (QED) is 0.679. The van der Waals surface area contributed by atoms with Gasteiger partial charge in [0.1, 0.15) is 0 Å². The zero-order chi connectivity index (χ0) is 12.9. The summed E-state index contributed by atoms with van der Waals surface area (Å²) in [7, 11) is -2.08. The van der Waals surface area contributed by atoms with Crippen LogP contribution in [0.15, 0.2) is 0 Å². The van der Waals surface area contributed by atoms with Crippen molar-refractivity contribution in [3.05, 3.63) is 0 Å². The van der Waals surface area contributed by atoms with E-state index in [0.29, 0.717) is 25.6 Å². The van der Waals surface area contributed by atoms with E-state index >= 15 is 0 Å². The number of nitrogens with two attached hydrogens (primary N) is 1. The molecule has 0 radical (unpaired) electrons. The van der Waals surface area contributed by atoms with Crippen molar-refractivity contribution in [3.8, 4) is 0 Å². The van der Waals surface area contributed by atoms with Gasteiger partial charge in [-0.3, -0.25) is 4.79 Å². The minimum atomic E-state index is -3.33. The van der Waals surface area contributed by atoms with E-state index in [1.54, 1.807) is 0 Å². The number of carbonyl (C=O) groups is 1. The average Bonchev–Trinajstić information content (AvgIpc) is 2.36. The summed E-state index contributed by atoms with van der Waals surface area (Å²) in [4.78, 5) is 10.9. The highest BCUT2D eigenvalue weighted by Crippen LogP contribution is 2.19. The lowest BCUT2D eigenvalue weighted by atomic mass is 9.99. The summed E-state index contributed by atoms with van der Waals surface area (Å²) in [6.07, 6.45) is 1.51. The molecule has 6 nitrogen and oxygen atoms in total. The van der Waals surface area contributed by atoms with Gasteiger partial charge in [0.2, 0.25) is 10.0 Å². The molecule has 0 unspecified atom stereocenters. The standard InChI is InChI=1S/C10H20N2O4S/c1-16-10(13)4-7-17(14,15)12-5-2-9(8-11)3-6-12/h9H,2-8,11H2,1H3. The molecule has 0 saturated carbocycles. The van der Waals surface area contributed by atoms with Crippen molar-refractivity contribution in [1.82, 2.24) is 4.31 Å². The Morgan fingerprint density at radius 3 is 2.47 bits per heavy atom. The van der Waals surface area contributed by atoms with Gasteiger partial charge in [-0.15, -0.1) is 0 Å². The topological polar surface area (TPSA) is 89.7 Å². The lowest BCUT2D eigenvalue weighted by Gasteiger charge is -2.30. The summed E-state index contributed by atoms with van der Waals surface area (Å²) < 4.78 is 29.7. The highest BCUT2D eigenvalue weighted by Gasteiger charge is 2.27. The van der Waals surface area contributed by atoms with E-state index in [9.17, 15) is 13.2 Å². The molecule has 7 heteroatoms. The van der Waals surface area contributed by atoms with E-state index in [-0.39, 0.29) is 12.2 Å². The van der Waals surface area contributed by atoms with Crippen LogP contribution in [0, 0.1) is 5.92 Å². The lowest BCUT2D eigenvalue weighted by molar-refractivity contribution is -0.140. The second-order valence-electron chi connectivity index (χ2n) is 4.22. The van der Waals surface area contributed by atoms with Gasteiger partial charge in [0.15, 0.2) is 0 Å². The molecule has 1 heterocycles. The van der Waals surface area contributed by atoms with Crippen LogP contribution < -0.4 is 5.73 Å². The minimum Gasteiger partial charge on any atom is -0.469 e. The van der Waals surface area contributed by atoms with E-state index in [0.717, 1.165) is 12.8 Å². The molecule has 0 atom stereocenters. The number of rotatable bonds is 5. The number of hydrogen-bond donors (Lipinski definition) is 1. The van der Waals surface area contributed by atoms with Crippen LogP contribution in [0.3, 0.4) is 0 Å². The van der Waals surface area contributed by atoms with Crippen molar-refractivity contribution in [3.63, 3.8) is 0 Å². The van der Waals surface area contributed by atoms with Gasteiger partial charge in [0.05, 0.1) is 19.3 Å². The monoisotopic (exact) mass is 264 g/mol. The van der Waals surface area contributed by atoms with Gasteiger partial charge in [-0.25, -0.2) is 12.7 Å². The van der Waals surface area contributed by atoms with Crippen molar-refractivity contribution in [2.45, 2.75) is 19.3 Å². The second kappa shape index (κ2) is 6.32. The molecule has 1 fully saturated rings. The molecule has 0 aromatic heterocycles. The molecule has 1 rings (SSSR count). The first-order valence-electron chi connectivity index (χ1n) is 5.74. The van der Waals surface area contributed by atoms with Crippen LogP contribution in [-0.2, 0) is 19.6 Å². The SMILES string of the molecule is COC(=O)CCS(=O)(=O)N1CCC(CN)CC1. The maximum atomic E-state index is 11.9. The third kappa shape index (κ3) is 4.25. The number of nitrogens with zero attached hydrogens (tertiary/aromatic N) is 1. The third-order valence-corrected chi connectivity index (χ3v) is 4.96. The predicted molar refractivity (Wildman–Crippen MR) is 63.8 cm³/mol. The van der Waals surface area contributed by atoms with Gasteiger partial charge in [-0.05, 0) is 25.3 Å². The van der Waals surface area contributed by atoms with Crippen molar-refractivity contribution < 1.29 is 17.9 Å². The van der Waals surface area contributed by atoms with E-state index in [2.05, 4.69) is 4.74 Å². The molecule has 0 amide bonds. The molecule has 0 aliphatic carbocycles. The van der Waals surface area contributed by atoms with E-state index in [4.69, 9.17) is 5.73 Å². The summed E-state index contributed by atoms with van der Waals surface area (Å²) in [5, 5.41) is 0. The van der Waals surface area contributed by atoms with Crippen molar-refractivity contribution in [2.24, 2.45) is 11.7 Å². The number of esters is 1. The Morgan fingerprint density at radius 2 is 2.00 bits per heavy atom. The number of sulfonamides is 1. The normalized spacial score (nSPS) is 19.2. The van der Waals surface area contributed by atoms with Gasteiger partial charge >= 0.3 is 5.97 Å². The van der Waals surface area contributed by atoms with Gasteiger partial charge in [0.25, 0.3) is 0 Å². The van der Waals surface area contributed by atoms with Crippen LogP contribution in [0.1, 0.15) is 19.3 Å². The molecular weight excluding hydrogens is 244 g/mol. The highest BCUT2D eigenvalue weighted by molar-refractivity contribution is 7.89. The fourth-order valence-corrected chi connectivity index (χ4v) is 3.32. The van der Waals surface area contributed by atoms with Gasteiger partial charge in [-0.2, -0.15) is 0 Å². The Morgan fingerprint density at radius 1 is 1.41 bits per heavy atom. The number of hydrogen-bond acceptors (Lipinski definition) is 5. The van der Waals surface area contributed by atoms with Crippen LogP contribution in [0.2, 0.25) is 0 Å².